The lowest BCUT2D eigenvalue weighted by molar-refractivity contribution is -0.137. The quantitative estimate of drug-likeness (QED) is 0.377. The van der Waals surface area contributed by atoms with Crippen LogP contribution in [0.15, 0.2) is 39.2 Å². The van der Waals surface area contributed by atoms with E-state index in [2.05, 4.69) is 45.0 Å². The summed E-state index contributed by atoms with van der Waals surface area (Å²) in [7, 11) is 0. The van der Waals surface area contributed by atoms with E-state index in [1.165, 1.54) is 4.88 Å². The third-order valence-electron chi connectivity index (χ3n) is 5.49. The molecular formula is C22H18BrN5O2S2. The molecule has 1 aliphatic heterocycles. The molecule has 1 N–H and O–H groups in total. The monoisotopic (exact) mass is 527 g/mol. The Morgan fingerprint density at radius 3 is 2.50 bits per heavy atom. The summed E-state index contributed by atoms with van der Waals surface area (Å²) in [5.41, 5.74) is 4.87. The Morgan fingerprint density at radius 2 is 1.84 bits per heavy atom. The first-order chi connectivity index (χ1) is 15.3. The molecule has 0 amide bonds. The van der Waals surface area contributed by atoms with Gasteiger partial charge in [0.2, 0.25) is 0 Å². The maximum Gasteiger partial charge on any atom is 0.306 e. The van der Waals surface area contributed by atoms with Crippen LogP contribution < -0.4 is 0 Å². The zero-order chi connectivity index (χ0) is 22.6. The number of carboxylic acids is 1. The Hall–Kier alpha value is -2.69. The predicted molar refractivity (Wildman–Crippen MR) is 129 cm³/mol. The Balaban J connectivity index is 1.70. The fourth-order valence-corrected chi connectivity index (χ4v) is 6.27. The molecule has 0 spiro atoms. The number of aliphatic imine (C=N–C) groups is 1. The van der Waals surface area contributed by atoms with Gasteiger partial charge in [-0.3, -0.25) is 14.4 Å². The Kier molecular flexibility index (Phi) is 5.31. The molecule has 1 atom stereocenters. The van der Waals surface area contributed by atoms with Crippen molar-refractivity contribution in [3.8, 4) is 15.6 Å². The van der Waals surface area contributed by atoms with Gasteiger partial charge in [0.05, 0.1) is 22.1 Å². The average Bonchev–Trinajstić information content (AvgIpc) is 3.41. The lowest BCUT2D eigenvalue weighted by atomic mass is 9.98. The number of aryl methyl sites for hydroxylation is 2. The number of carboxylic acid groups (broad SMARTS) is 1. The maximum absolute atomic E-state index is 11.6. The number of carbonyl (C=O) groups is 1. The third-order valence-corrected chi connectivity index (χ3v) is 8.21. The molecule has 0 fully saturated rings. The van der Waals surface area contributed by atoms with Gasteiger partial charge in [0.15, 0.2) is 5.82 Å². The van der Waals surface area contributed by atoms with E-state index in [0.717, 1.165) is 47.6 Å². The molecule has 1 aliphatic rings. The van der Waals surface area contributed by atoms with Crippen LogP contribution in [-0.2, 0) is 4.79 Å². The summed E-state index contributed by atoms with van der Waals surface area (Å²) in [6.07, 6.45) is 1.64. The van der Waals surface area contributed by atoms with Gasteiger partial charge in [-0.1, -0.05) is 24.3 Å². The number of thiazole rings is 1. The van der Waals surface area contributed by atoms with Gasteiger partial charge < -0.3 is 5.11 Å². The lowest BCUT2D eigenvalue weighted by Crippen LogP contribution is -2.10. The van der Waals surface area contributed by atoms with Crippen LogP contribution in [-0.4, -0.2) is 36.5 Å². The number of fused-ring (bicyclic) bond motifs is 3. The van der Waals surface area contributed by atoms with E-state index in [0.29, 0.717) is 5.82 Å². The molecule has 162 valence electrons. The highest BCUT2D eigenvalue weighted by atomic mass is 79.9. The highest BCUT2D eigenvalue weighted by Crippen LogP contribution is 2.39. The molecule has 0 saturated heterocycles. The number of benzene rings is 1. The van der Waals surface area contributed by atoms with Crippen LogP contribution in [0.1, 0.15) is 45.7 Å². The molecule has 4 heterocycles. The van der Waals surface area contributed by atoms with Crippen LogP contribution in [0.3, 0.4) is 0 Å². The van der Waals surface area contributed by atoms with Crippen LogP contribution in [0.5, 0.6) is 0 Å². The van der Waals surface area contributed by atoms with Gasteiger partial charge in [-0.15, -0.1) is 32.9 Å². The van der Waals surface area contributed by atoms with E-state index in [1.54, 1.807) is 28.9 Å². The molecular weight excluding hydrogens is 510 g/mol. The topological polar surface area (TPSA) is 93.3 Å². The second-order valence-electron chi connectivity index (χ2n) is 7.54. The molecule has 5 rings (SSSR count). The summed E-state index contributed by atoms with van der Waals surface area (Å²) in [6.45, 7) is 6.05. The summed E-state index contributed by atoms with van der Waals surface area (Å²) in [4.78, 5) is 22.2. The van der Waals surface area contributed by atoms with E-state index in [-0.39, 0.29) is 6.42 Å². The van der Waals surface area contributed by atoms with Crippen molar-refractivity contribution < 1.29 is 9.90 Å². The van der Waals surface area contributed by atoms with Crippen molar-refractivity contribution in [1.29, 1.82) is 0 Å². The van der Waals surface area contributed by atoms with Gasteiger partial charge in [-0.25, -0.2) is 4.98 Å². The molecule has 7 nitrogen and oxygen atoms in total. The zero-order valence-corrected chi connectivity index (χ0v) is 20.7. The predicted octanol–water partition coefficient (Wildman–Crippen LogP) is 5.51. The molecule has 0 radical (unpaired) electrons. The molecule has 3 aromatic heterocycles. The first-order valence-corrected chi connectivity index (χ1v) is 12.3. The number of halogens is 1. The summed E-state index contributed by atoms with van der Waals surface area (Å²) < 4.78 is 2.94. The maximum atomic E-state index is 11.6. The molecule has 0 bridgehead atoms. The van der Waals surface area contributed by atoms with Crippen LogP contribution in [0.2, 0.25) is 0 Å². The Bertz CT molecular complexity index is 1380. The molecule has 0 unspecified atom stereocenters. The largest absolute Gasteiger partial charge is 0.481 e. The van der Waals surface area contributed by atoms with Crippen molar-refractivity contribution in [2.45, 2.75) is 33.2 Å². The normalized spacial score (nSPS) is 15.1. The number of rotatable bonds is 4. The number of aliphatic carboxylic acids is 1. The molecule has 1 aromatic carbocycles. The minimum absolute atomic E-state index is 0.153. The van der Waals surface area contributed by atoms with Crippen LogP contribution in [0.4, 0.5) is 0 Å². The Labute approximate surface area is 200 Å². The molecule has 32 heavy (non-hydrogen) atoms. The fraction of sp³-hybridized carbons (Fsp3) is 0.227. The minimum Gasteiger partial charge on any atom is -0.481 e. The average molecular weight is 528 g/mol. The number of aromatic nitrogens is 4. The first kappa shape index (κ1) is 21.2. The molecule has 4 aromatic rings. The van der Waals surface area contributed by atoms with Crippen LogP contribution >= 0.6 is 38.6 Å². The first-order valence-electron chi connectivity index (χ1n) is 9.88. The van der Waals surface area contributed by atoms with E-state index in [4.69, 9.17) is 4.99 Å². The molecule has 0 saturated carbocycles. The molecule has 0 aliphatic carbocycles. The standard InChI is InChI=1S/C22H18BrN5O2S2/c1-10-11(2)31-22-18(10)19(13-4-6-14(7-5-13)21-24-9-16(23)32-21)25-15(8-17(29)30)20-27-26-12(3)28(20)22/h4-7,9,15H,8H2,1-3H3,(H,29,30)/t15-/m0/s1. The van der Waals surface area contributed by atoms with Crippen molar-refractivity contribution in [2.24, 2.45) is 4.99 Å². The number of hydrogen-bond acceptors (Lipinski definition) is 7. The summed E-state index contributed by atoms with van der Waals surface area (Å²) >= 11 is 6.69. The number of nitrogens with zero attached hydrogens (tertiary/aromatic N) is 5. The van der Waals surface area contributed by atoms with Crippen molar-refractivity contribution in [1.82, 2.24) is 19.7 Å². The second-order valence-corrected chi connectivity index (χ2v) is 11.2. The van der Waals surface area contributed by atoms with Crippen LogP contribution in [0, 0.1) is 20.8 Å². The number of hydrogen-bond donors (Lipinski definition) is 1. The third kappa shape index (κ3) is 3.52. The summed E-state index contributed by atoms with van der Waals surface area (Å²) in [5, 5.41) is 20.0. The SMILES string of the molecule is Cc1sc2c(c1C)C(c1ccc(-c3ncc(Br)s3)cc1)=N[C@@H](CC(=O)O)c1nnc(C)n1-2. The highest BCUT2D eigenvalue weighted by Gasteiger charge is 2.32. The van der Waals surface area contributed by atoms with Gasteiger partial charge in [-0.05, 0) is 42.3 Å². The van der Waals surface area contributed by atoms with E-state index in [1.807, 2.05) is 35.8 Å². The smallest absolute Gasteiger partial charge is 0.306 e. The summed E-state index contributed by atoms with van der Waals surface area (Å²) in [6, 6.07) is 7.48. The van der Waals surface area contributed by atoms with Crippen molar-refractivity contribution in [3.05, 3.63) is 67.5 Å². The van der Waals surface area contributed by atoms with Crippen molar-refractivity contribution in [2.75, 3.05) is 0 Å². The Morgan fingerprint density at radius 1 is 1.12 bits per heavy atom. The lowest BCUT2D eigenvalue weighted by Gasteiger charge is -2.11. The van der Waals surface area contributed by atoms with Gasteiger partial charge in [-0.2, -0.15) is 0 Å². The van der Waals surface area contributed by atoms with E-state index in [9.17, 15) is 9.90 Å². The fourth-order valence-electron chi connectivity index (χ4n) is 3.85. The number of thiophene rings is 1. The highest BCUT2D eigenvalue weighted by molar-refractivity contribution is 9.11. The van der Waals surface area contributed by atoms with Crippen molar-refractivity contribution >= 4 is 50.3 Å². The van der Waals surface area contributed by atoms with Gasteiger partial charge in [0, 0.05) is 21.6 Å². The second kappa shape index (κ2) is 8.02. The zero-order valence-electron chi connectivity index (χ0n) is 17.5. The van der Waals surface area contributed by atoms with Gasteiger partial charge in [0.25, 0.3) is 0 Å². The summed E-state index contributed by atoms with van der Waals surface area (Å²) in [5.74, 6) is 0.360. The van der Waals surface area contributed by atoms with E-state index < -0.39 is 12.0 Å². The van der Waals surface area contributed by atoms with Gasteiger partial charge in [0.1, 0.15) is 21.9 Å². The van der Waals surface area contributed by atoms with E-state index >= 15 is 0 Å². The van der Waals surface area contributed by atoms with Crippen molar-refractivity contribution in [3.63, 3.8) is 0 Å². The molecule has 10 heteroatoms. The van der Waals surface area contributed by atoms with Gasteiger partial charge >= 0.3 is 5.97 Å². The van der Waals surface area contributed by atoms with Crippen LogP contribution in [0.25, 0.3) is 15.6 Å². The minimum atomic E-state index is -0.923.